The van der Waals surface area contributed by atoms with Crippen LogP contribution in [0.5, 0.6) is 0 Å². The first-order valence-corrected chi connectivity index (χ1v) is 9.25. The number of pyridine rings is 1. The molecular formula is C17H10FN7S2. The first-order chi connectivity index (χ1) is 13.2. The maximum absolute atomic E-state index is 14.2. The van der Waals surface area contributed by atoms with Gasteiger partial charge in [-0.15, -0.1) is 0 Å². The Balaban J connectivity index is 1.79. The highest BCUT2D eigenvalue weighted by Crippen LogP contribution is 2.34. The Kier molecular flexibility index (Phi) is 4.62. The van der Waals surface area contributed by atoms with Crippen LogP contribution in [0.25, 0.3) is 11.0 Å². The molecule has 7 nitrogen and oxygen atoms in total. The number of hydrogen-bond acceptors (Lipinski definition) is 9. The second kappa shape index (κ2) is 7.22. The van der Waals surface area contributed by atoms with Crippen LogP contribution >= 0.6 is 23.3 Å². The van der Waals surface area contributed by atoms with Gasteiger partial charge in [-0.3, -0.25) is 0 Å². The number of aromatic nitrogens is 5. The molecule has 132 valence electrons. The fourth-order valence-corrected chi connectivity index (χ4v) is 3.79. The first kappa shape index (κ1) is 17.3. The summed E-state index contributed by atoms with van der Waals surface area (Å²) in [5.41, 5.74) is 1.46. The van der Waals surface area contributed by atoms with Gasteiger partial charge in [0.25, 0.3) is 0 Å². The highest BCUT2D eigenvalue weighted by molar-refractivity contribution is 7.99. The van der Waals surface area contributed by atoms with Crippen molar-refractivity contribution < 1.29 is 4.39 Å². The summed E-state index contributed by atoms with van der Waals surface area (Å²) in [6, 6.07) is 9.94. The SMILES string of the molecule is CN(c1ncns1)c1ncnc2ccc(Sc3c(F)cccc3C#N)nc12. The molecule has 1 aromatic carbocycles. The average molecular weight is 395 g/mol. The molecule has 0 aliphatic carbocycles. The summed E-state index contributed by atoms with van der Waals surface area (Å²) in [4.78, 5) is 19.3. The lowest BCUT2D eigenvalue weighted by Crippen LogP contribution is -2.12. The van der Waals surface area contributed by atoms with Gasteiger partial charge in [0.05, 0.1) is 16.0 Å². The van der Waals surface area contributed by atoms with Gasteiger partial charge in [-0.2, -0.15) is 9.64 Å². The van der Waals surface area contributed by atoms with Gasteiger partial charge in [0.15, 0.2) is 5.82 Å². The summed E-state index contributed by atoms with van der Waals surface area (Å²) in [5.74, 6) is 0.102. The van der Waals surface area contributed by atoms with Crippen molar-refractivity contribution in [3.05, 3.63) is 54.4 Å². The van der Waals surface area contributed by atoms with Crippen LogP contribution in [-0.4, -0.2) is 31.4 Å². The predicted molar refractivity (Wildman–Crippen MR) is 101 cm³/mol. The Morgan fingerprint density at radius 1 is 1.15 bits per heavy atom. The number of nitriles is 1. The van der Waals surface area contributed by atoms with Crippen LogP contribution in [0.15, 0.2) is 52.9 Å². The molecule has 4 rings (SSSR count). The van der Waals surface area contributed by atoms with Crippen molar-refractivity contribution in [1.82, 2.24) is 24.3 Å². The lowest BCUT2D eigenvalue weighted by molar-refractivity contribution is 0.601. The normalized spacial score (nSPS) is 10.7. The van der Waals surface area contributed by atoms with Gasteiger partial charge in [0, 0.05) is 18.6 Å². The van der Waals surface area contributed by atoms with Crippen molar-refractivity contribution >= 4 is 45.3 Å². The van der Waals surface area contributed by atoms with E-state index < -0.39 is 5.82 Å². The molecule has 0 atom stereocenters. The number of fused-ring (bicyclic) bond motifs is 1. The minimum atomic E-state index is -0.462. The van der Waals surface area contributed by atoms with Crippen molar-refractivity contribution in [3.8, 4) is 6.07 Å². The molecule has 3 aromatic heterocycles. The maximum atomic E-state index is 14.2. The van der Waals surface area contributed by atoms with Gasteiger partial charge in [-0.05, 0) is 24.3 Å². The molecule has 0 fully saturated rings. The summed E-state index contributed by atoms with van der Waals surface area (Å²) in [6.45, 7) is 0. The first-order valence-electron chi connectivity index (χ1n) is 7.66. The molecular weight excluding hydrogens is 385 g/mol. The van der Waals surface area contributed by atoms with Crippen LogP contribution in [-0.2, 0) is 0 Å². The maximum Gasteiger partial charge on any atom is 0.210 e. The van der Waals surface area contributed by atoms with E-state index in [1.54, 1.807) is 23.1 Å². The molecule has 4 aromatic rings. The van der Waals surface area contributed by atoms with Crippen molar-refractivity contribution in [2.24, 2.45) is 0 Å². The molecule has 0 aliphatic heterocycles. The van der Waals surface area contributed by atoms with E-state index in [1.165, 1.54) is 36.3 Å². The van der Waals surface area contributed by atoms with Crippen LogP contribution < -0.4 is 4.90 Å². The van der Waals surface area contributed by atoms with Crippen LogP contribution in [0.4, 0.5) is 15.3 Å². The van der Waals surface area contributed by atoms with Crippen LogP contribution in [0, 0.1) is 17.1 Å². The highest BCUT2D eigenvalue weighted by atomic mass is 32.2. The Morgan fingerprint density at radius 3 is 2.81 bits per heavy atom. The predicted octanol–water partition coefficient (Wildman–Crippen LogP) is 3.81. The minimum absolute atomic E-state index is 0.239. The van der Waals surface area contributed by atoms with Crippen LogP contribution in [0.3, 0.4) is 0 Å². The van der Waals surface area contributed by atoms with Gasteiger partial charge in [0.1, 0.15) is 35.1 Å². The van der Waals surface area contributed by atoms with Crippen LogP contribution in [0.1, 0.15) is 5.56 Å². The average Bonchev–Trinajstić information content (AvgIpc) is 3.23. The lowest BCUT2D eigenvalue weighted by atomic mass is 10.2. The van der Waals surface area contributed by atoms with Gasteiger partial charge in [0.2, 0.25) is 5.13 Å². The van der Waals surface area contributed by atoms with Gasteiger partial charge in [-0.1, -0.05) is 17.8 Å². The van der Waals surface area contributed by atoms with Crippen molar-refractivity contribution in [2.45, 2.75) is 9.92 Å². The molecule has 0 saturated carbocycles. The molecule has 0 N–H and O–H groups in total. The standard InChI is InChI=1S/C17H10FN7S2/c1-25(17-22-9-23-27-17)16-14-12(20-8-21-16)5-6-13(24-14)26-15-10(7-19)3-2-4-11(15)18/h2-6,8-9H,1H3. The molecule has 10 heteroatoms. The lowest BCUT2D eigenvalue weighted by Gasteiger charge is -2.15. The molecule has 0 unspecified atom stereocenters. The molecule has 0 spiro atoms. The fourth-order valence-electron chi connectivity index (χ4n) is 2.42. The third-order valence-corrected chi connectivity index (χ3v) is 5.48. The van der Waals surface area contributed by atoms with E-state index >= 15 is 0 Å². The number of nitrogens with zero attached hydrogens (tertiary/aromatic N) is 7. The van der Waals surface area contributed by atoms with Crippen molar-refractivity contribution in [3.63, 3.8) is 0 Å². The molecule has 0 amide bonds. The summed E-state index contributed by atoms with van der Waals surface area (Å²) in [5, 5.41) is 10.4. The van der Waals surface area contributed by atoms with E-state index in [0.29, 0.717) is 27.0 Å². The molecule has 27 heavy (non-hydrogen) atoms. The van der Waals surface area contributed by atoms with E-state index in [1.807, 2.05) is 13.1 Å². The van der Waals surface area contributed by atoms with Crippen molar-refractivity contribution in [1.29, 1.82) is 5.26 Å². The topological polar surface area (TPSA) is 91.5 Å². The van der Waals surface area contributed by atoms with E-state index in [-0.39, 0.29) is 10.5 Å². The molecule has 0 aliphatic rings. The largest absolute Gasteiger partial charge is 0.302 e. The smallest absolute Gasteiger partial charge is 0.210 e. The van der Waals surface area contributed by atoms with Crippen LogP contribution in [0.2, 0.25) is 0 Å². The number of anilines is 2. The van der Waals surface area contributed by atoms with E-state index in [4.69, 9.17) is 0 Å². The summed E-state index contributed by atoms with van der Waals surface area (Å²) in [7, 11) is 1.81. The Hall–Kier alpha value is -3.16. The van der Waals surface area contributed by atoms with Crippen molar-refractivity contribution in [2.75, 3.05) is 11.9 Å². The number of halogens is 1. The summed E-state index contributed by atoms with van der Waals surface area (Å²) >= 11 is 2.32. The third kappa shape index (κ3) is 3.30. The highest BCUT2D eigenvalue weighted by Gasteiger charge is 2.16. The molecule has 3 heterocycles. The van der Waals surface area contributed by atoms with Gasteiger partial charge in [-0.25, -0.2) is 24.3 Å². The number of benzene rings is 1. The zero-order valence-corrected chi connectivity index (χ0v) is 15.5. The van der Waals surface area contributed by atoms with E-state index in [2.05, 4.69) is 24.3 Å². The fraction of sp³-hybridized carbons (Fsp3) is 0.0588. The number of rotatable bonds is 4. The molecule has 0 radical (unpaired) electrons. The van der Waals surface area contributed by atoms with E-state index in [0.717, 1.165) is 11.8 Å². The quantitative estimate of drug-likeness (QED) is 0.515. The minimum Gasteiger partial charge on any atom is -0.302 e. The summed E-state index contributed by atoms with van der Waals surface area (Å²) in [6.07, 6.45) is 2.92. The van der Waals surface area contributed by atoms with Gasteiger partial charge >= 0.3 is 0 Å². The zero-order valence-electron chi connectivity index (χ0n) is 13.9. The molecule has 0 bridgehead atoms. The van der Waals surface area contributed by atoms with Gasteiger partial charge < -0.3 is 4.90 Å². The third-order valence-electron chi connectivity index (χ3n) is 3.69. The van der Waals surface area contributed by atoms with E-state index in [9.17, 15) is 9.65 Å². The molecule has 0 saturated heterocycles. The second-order valence-electron chi connectivity index (χ2n) is 5.33. The summed E-state index contributed by atoms with van der Waals surface area (Å²) < 4.78 is 18.2. The Labute approximate surface area is 161 Å². The number of hydrogen-bond donors (Lipinski definition) is 0. The Morgan fingerprint density at radius 2 is 2.04 bits per heavy atom. The Bertz CT molecular complexity index is 1160. The zero-order chi connectivity index (χ0) is 18.8. The monoisotopic (exact) mass is 395 g/mol. The second-order valence-corrected chi connectivity index (χ2v) is 7.12.